The molecule has 0 unspecified atom stereocenters. The molecule has 1 aliphatic carbocycles. The van der Waals surface area contributed by atoms with E-state index in [1.165, 1.54) is 12.8 Å². The van der Waals surface area contributed by atoms with Crippen LogP contribution in [0.1, 0.15) is 30.7 Å². The van der Waals surface area contributed by atoms with E-state index in [1.54, 1.807) is 17.5 Å². The van der Waals surface area contributed by atoms with Crippen molar-refractivity contribution in [1.29, 1.82) is 0 Å². The lowest BCUT2D eigenvalue weighted by Gasteiger charge is -1.99. The monoisotopic (exact) mass is 296 g/mol. The SMILES string of the molecule is Cc1csc(-c2cnc(CCCNC3CC3)o2)c1Cl. The van der Waals surface area contributed by atoms with Crippen molar-refractivity contribution >= 4 is 22.9 Å². The second-order valence-corrected chi connectivity index (χ2v) is 6.27. The van der Waals surface area contributed by atoms with E-state index in [-0.39, 0.29) is 0 Å². The Hall–Kier alpha value is -0.840. The minimum absolute atomic E-state index is 0.771. The number of aromatic nitrogens is 1. The lowest BCUT2D eigenvalue weighted by Crippen LogP contribution is -2.17. The molecule has 2 aromatic rings. The number of hydrogen-bond acceptors (Lipinski definition) is 4. The molecular formula is C14H17ClN2OS. The first-order valence-corrected chi connectivity index (χ1v) is 7.92. The van der Waals surface area contributed by atoms with Crippen molar-refractivity contribution in [3.8, 4) is 10.6 Å². The number of nitrogens with one attached hydrogen (secondary N) is 1. The molecule has 0 aliphatic heterocycles. The van der Waals surface area contributed by atoms with Gasteiger partial charge in [0.05, 0.1) is 16.1 Å². The fourth-order valence-electron chi connectivity index (χ4n) is 1.96. The van der Waals surface area contributed by atoms with E-state index >= 15 is 0 Å². The predicted molar refractivity (Wildman–Crippen MR) is 78.9 cm³/mol. The van der Waals surface area contributed by atoms with Crippen molar-refractivity contribution in [1.82, 2.24) is 10.3 Å². The van der Waals surface area contributed by atoms with Crippen molar-refractivity contribution in [2.24, 2.45) is 0 Å². The molecule has 19 heavy (non-hydrogen) atoms. The zero-order chi connectivity index (χ0) is 13.2. The van der Waals surface area contributed by atoms with Gasteiger partial charge in [0.15, 0.2) is 11.7 Å². The van der Waals surface area contributed by atoms with Gasteiger partial charge in [-0.3, -0.25) is 0 Å². The Balaban J connectivity index is 1.57. The molecule has 0 spiro atoms. The van der Waals surface area contributed by atoms with Crippen molar-refractivity contribution < 1.29 is 4.42 Å². The largest absolute Gasteiger partial charge is 0.440 e. The molecule has 2 aromatic heterocycles. The number of rotatable bonds is 6. The molecule has 3 rings (SSSR count). The van der Waals surface area contributed by atoms with Gasteiger partial charge in [-0.05, 0) is 43.7 Å². The maximum atomic E-state index is 6.23. The van der Waals surface area contributed by atoms with E-state index in [2.05, 4.69) is 10.3 Å². The summed E-state index contributed by atoms with van der Waals surface area (Å²) in [7, 11) is 0. The molecule has 0 radical (unpaired) electrons. The van der Waals surface area contributed by atoms with E-state index in [0.29, 0.717) is 0 Å². The number of thiophene rings is 1. The minimum Gasteiger partial charge on any atom is -0.440 e. The Kier molecular flexibility index (Phi) is 3.91. The third-order valence-corrected chi connectivity index (χ3v) is 4.97. The van der Waals surface area contributed by atoms with Gasteiger partial charge in [0, 0.05) is 12.5 Å². The van der Waals surface area contributed by atoms with Gasteiger partial charge in [-0.1, -0.05) is 11.6 Å². The second-order valence-electron chi connectivity index (χ2n) is 5.01. The van der Waals surface area contributed by atoms with Gasteiger partial charge in [-0.15, -0.1) is 11.3 Å². The molecule has 0 aromatic carbocycles. The molecule has 0 atom stereocenters. The molecule has 0 amide bonds. The van der Waals surface area contributed by atoms with Crippen molar-refractivity contribution in [3.05, 3.63) is 28.1 Å². The van der Waals surface area contributed by atoms with E-state index in [1.807, 2.05) is 12.3 Å². The molecule has 0 saturated heterocycles. The summed E-state index contributed by atoms with van der Waals surface area (Å²) in [6, 6.07) is 0.771. The summed E-state index contributed by atoms with van der Waals surface area (Å²) in [5.41, 5.74) is 1.09. The molecule has 1 saturated carbocycles. The van der Waals surface area contributed by atoms with Gasteiger partial charge in [-0.25, -0.2) is 4.98 Å². The summed E-state index contributed by atoms with van der Waals surface area (Å²) in [6.07, 6.45) is 6.38. The highest BCUT2D eigenvalue weighted by Gasteiger charge is 2.19. The second kappa shape index (κ2) is 5.65. The van der Waals surface area contributed by atoms with Crippen LogP contribution in [0.4, 0.5) is 0 Å². The minimum atomic E-state index is 0.771. The van der Waals surface area contributed by atoms with Gasteiger partial charge in [0.2, 0.25) is 0 Å². The lowest BCUT2D eigenvalue weighted by atomic mass is 10.3. The van der Waals surface area contributed by atoms with Crippen molar-refractivity contribution in [3.63, 3.8) is 0 Å². The summed E-state index contributed by atoms with van der Waals surface area (Å²) in [4.78, 5) is 5.31. The molecule has 1 aliphatic rings. The summed E-state index contributed by atoms with van der Waals surface area (Å²) < 4.78 is 5.77. The Morgan fingerprint density at radius 3 is 3.05 bits per heavy atom. The average molecular weight is 297 g/mol. The van der Waals surface area contributed by atoms with Gasteiger partial charge < -0.3 is 9.73 Å². The van der Waals surface area contributed by atoms with E-state index < -0.39 is 0 Å². The van der Waals surface area contributed by atoms with Gasteiger partial charge >= 0.3 is 0 Å². The van der Waals surface area contributed by atoms with Crippen LogP contribution in [0.2, 0.25) is 5.02 Å². The number of hydrogen-bond donors (Lipinski definition) is 1. The Morgan fingerprint density at radius 2 is 2.37 bits per heavy atom. The summed E-state index contributed by atoms with van der Waals surface area (Å²) >= 11 is 7.84. The highest BCUT2D eigenvalue weighted by atomic mass is 35.5. The topological polar surface area (TPSA) is 38.1 Å². The standard InChI is InChI=1S/C14H17ClN2OS/c1-9-8-19-14(13(9)15)11-7-17-12(18-11)3-2-6-16-10-4-5-10/h7-8,10,16H,2-6H2,1H3. The molecule has 5 heteroatoms. The summed E-state index contributed by atoms with van der Waals surface area (Å²) in [5, 5.41) is 6.31. The quantitative estimate of drug-likeness (QED) is 0.817. The van der Waals surface area contributed by atoms with Gasteiger partial charge in [0.25, 0.3) is 0 Å². The molecule has 0 bridgehead atoms. The highest BCUT2D eigenvalue weighted by molar-refractivity contribution is 7.14. The van der Waals surface area contributed by atoms with E-state index in [9.17, 15) is 0 Å². The van der Waals surface area contributed by atoms with Crippen molar-refractivity contribution in [2.75, 3.05) is 6.54 Å². The highest BCUT2D eigenvalue weighted by Crippen LogP contribution is 2.36. The molecule has 1 fully saturated rings. The lowest BCUT2D eigenvalue weighted by molar-refractivity contribution is 0.492. The maximum absolute atomic E-state index is 6.23. The van der Waals surface area contributed by atoms with Gasteiger partial charge in [0.1, 0.15) is 0 Å². The number of aryl methyl sites for hydroxylation is 2. The van der Waals surface area contributed by atoms with Gasteiger partial charge in [-0.2, -0.15) is 0 Å². The first kappa shape index (κ1) is 13.2. The molecule has 1 N–H and O–H groups in total. The third kappa shape index (κ3) is 3.19. The van der Waals surface area contributed by atoms with Crippen LogP contribution in [0.3, 0.4) is 0 Å². The number of nitrogens with zero attached hydrogens (tertiary/aromatic N) is 1. The van der Waals surface area contributed by atoms with Crippen LogP contribution in [-0.4, -0.2) is 17.6 Å². The van der Waals surface area contributed by atoms with E-state index in [4.69, 9.17) is 16.0 Å². The first-order valence-electron chi connectivity index (χ1n) is 6.66. The zero-order valence-electron chi connectivity index (χ0n) is 10.9. The van der Waals surface area contributed by atoms with Crippen LogP contribution >= 0.6 is 22.9 Å². The third-order valence-electron chi connectivity index (χ3n) is 3.25. The first-order chi connectivity index (χ1) is 9.24. The summed E-state index contributed by atoms with van der Waals surface area (Å²) in [6.45, 7) is 3.05. The van der Waals surface area contributed by atoms with E-state index in [0.717, 1.165) is 52.5 Å². The number of halogens is 1. The predicted octanol–water partition coefficient (Wildman–Crippen LogP) is 4.05. The fourth-order valence-corrected chi connectivity index (χ4v) is 3.19. The van der Waals surface area contributed by atoms with Crippen molar-refractivity contribution in [2.45, 2.75) is 38.6 Å². The van der Waals surface area contributed by atoms with Crippen LogP contribution in [0, 0.1) is 6.92 Å². The molecule has 3 nitrogen and oxygen atoms in total. The van der Waals surface area contributed by atoms with Crippen LogP contribution in [-0.2, 0) is 6.42 Å². The van der Waals surface area contributed by atoms with Crippen LogP contribution in [0.25, 0.3) is 10.6 Å². The number of oxazole rings is 1. The molecule has 2 heterocycles. The van der Waals surface area contributed by atoms with Crippen LogP contribution in [0.15, 0.2) is 16.0 Å². The maximum Gasteiger partial charge on any atom is 0.194 e. The molecular weight excluding hydrogens is 280 g/mol. The Labute approximate surface area is 122 Å². The molecule has 102 valence electrons. The summed E-state index contributed by atoms with van der Waals surface area (Å²) in [5.74, 6) is 1.59. The fraction of sp³-hybridized carbons (Fsp3) is 0.500. The van der Waals surface area contributed by atoms with Crippen LogP contribution in [0.5, 0.6) is 0 Å². The smallest absolute Gasteiger partial charge is 0.194 e. The Bertz CT molecular complexity index is 560. The Morgan fingerprint density at radius 1 is 1.53 bits per heavy atom. The van der Waals surface area contributed by atoms with Crippen LogP contribution < -0.4 is 5.32 Å². The average Bonchev–Trinajstić information content (AvgIpc) is 3.02. The zero-order valence-corrected chi connectivity index (χ0v) is 12.5. The normalized spacial score (nSPS) is 15.1.